The van der Waals surface area contributed by atoms with Crippen molar-refractivity contribution in [2.75, 3.05) is 14.1 Å². The van der Waals surface area contributed by atoms with Gasteiger partial charge in [-0.05, 0) is 12.1 Å². The first-order valence-corrected chi connectivity index (χ1v) is 3.72. The van der Waals surface area contributed by atoms with Crippen LogP contribution < -0.4 is 0 Å². The third-order valence-electron chi connectivity index (χ3n) is 1.32. The Morgan fingerprint density at radius 2 is 2.00 bits per heavy atom. The molecule has 0 aromatic heterocycles. The fourth-order valence-corrected chi connectivity index (χ4v) is 0.818. The fourth-order valence-electron chi connectivity index (χ4n) is 0.818. The van der Waals surface area contributed by atoms with Gasteiger partial charge in [0, 0.05) is 0 Å². The lowest BCUT2D eigenvalue weighted by atomic mass is 10.3. The van der Waals surface area contributed by atoms with E-state index in [1.165, 1.54) is 23.2 Å². The Kier molecular flexibility index (Phi) is 2.79. The van der Waals surface area contributed by atoms with E-state index in [0.717, 1.165) is 0 Å². The highest BCUT2D eigenvalue weighted by atomic mass is 19.1. The summed E-state index contributed by atoms with van der Waals surface area (Å²) < 4.78 is 13.0. The normalized spacial score (nSPS) is 11.5. The highest BCUT2D eigenvalue weighted by molar-refractivity contribution is 5.30. The molecule has 70 valence electrons. The molecule has 0 aliphatic rings. The maximum absolute atomic E-state index is 13.0. The van der Waals surface area contributed by atoms with Crippen molar-refractivity contribution in [1.29, 1.82) is 0 Å². The summed E-state index contributed by atoms with van der Waals surface area (Å²) in [6, 6.07) is 5.68. The molecule has 1 aromatic carbocycles. The quantitative estimate of drug-likeness (QED) is 0.399. The number of para-hydroxylation sites is 1. The van der Waals surface area contributed by atoms with Crippen LogP contribution in [0.3, 0.4) is 0 Å². The lowest BCUT2D eigenvalue weighted by Crippen LogP contribution is -2.07. The third-order valence-corrected chi connectivity index (χ3v) is 1.32. The van der Waals surface area contributed by atoms with Crippen molar-refractivity contribution in [3.63, 3.8) is 0 Å². The molecule has 5 heteroatoms. The summed E-state index contributed by atoms with van der Waals surface area (Å²) in [5.74, 6) is -0.580. The molecule has 0 aliphatic heterocycles. The van der Waals surface area contributed by atoms with Crippen molar-refractivity contribution in [2.45, 2.75) is 0 Å². The highest BCUT2D eigenvalue weighted by Crippen LogP contribution is 2.15. The predicted molar refractivity (Wildman–Crippen MR) is 45.8 cm³/mol. The molecule has 0 unspecified atom stereocenters. The second-order valence-corrected chi connectivity index (χ2v) is 2.66. The monoisotopic (exact) mass is 183 g/mol. The summed E-state index contributed by atoms with van der Waals surface area (Å²) in [4.78, 5) is 0.245. The Balaban J connectivity index is 3.02. The van der Waals surface area contributed by atoms with E-state index in [1.54, 1.807) is 20.2 Å². The molecule has 0 N–H and O–H groups in total. The standard InChI is InChI=1S/C8H10FN3O/c1-11(2)10-12(13)8-6-4-3-5-7(8)9/h3-6H,1-2H3/b12-10-. The van der Waals surface area contributed by atoms with E-state index in [1.807, 2.05) is 0 Å². The van der Waals surface area contributed by atoms with E-state index < -0.39 is 5.82 Å². The van der Waals surface area contributed by atoms with Crippen LogP contribution in [0.2, 0.25) is 0 Å². The van der Waals surface area contributed by atoms with Gasteiger partial charge < -0.3 is 5.21 Å². The van der Waals surface area contributed by atoms with Crippen molar-refractivity contribution in [2.24, 2.45) is 5.22 Å². The smallest absolute Gasteiger partial charge is 0.189 e. The predicted octanol–water partition coefficient (Wildman–Crippen LogP) is 1.90. The van der Waals surface area contributed by atoms with Gasteiger partial charge >= 0.3 is 0 Å². The third kappa shape index (κ3) is 2.40. The molecule has 0 heterocycles. The molecule has 0 saturated heterocycles. The topological polar surface area (TPSA) is 41.7 Å². The van der Waals surface area contributed by atoms with E-state index in [2.05, 4.69) is 5.22 Å². The van der Waals surface area contributed by atoms with Gasteiger partial charge in [0.05, 0.1) is 19.3 Å². The van der Waals surface area contributed by atoms with E-state index in [9.17, 15) is 9.60 Å². The molecule has 1 aromatic rings. The molecular formula is C8H10FN3O. The van der Waals surface area contributed by atoms with Crippen LogP contribution in [0.15, 0.2) is 29.5 Å². The second-order valence-electron chi connectivity index (χ2n) is 2.66. The lowest BCUT2D eigenvalue weighted by molar-refractivity contribution is -0.461. The lowest BCUT2D eigenvalue weighted by Gasteiger charge is -2.07. The van der Waals surface area contributed by atoms with Crippen LogP contribution >= 0.6 is 0 Å². The zero-order chi connectivity index (χ0) is 9.84. The zero-order valence-electron chi connectivity index (χ0n) is 7.44. The van der Waals surface area contributed by atoms with Gasteiger partial charge in [-0.3, -0.25) is 0 Å². The number of benzene rings is 1. The minimum Gasteiger partial charge on any atom is -0.691 e. The van der Waals surface area contributed by atoms with E-state index >= 15 is 0 Å². The minimum absolute atomic E-state index is 0.0869. The van der Waals surface area contributed by atoms with E-state index in [-0.39, 0.29) is 10.5 Å². The number of nitrogens with zero attached hydrogens (tertiary/aromatic N) is 3. The number of hydrogen-bond donors (Lipinski definition) is 0. The van der Waals surface area contributed by atoms with Crippen LogP contribution in [0, 0.1) is 11.0 Å². The molecule has 0 fully saturated rings. The minimum atomic E-state index is -0.580. The Bertz CT molecular complexity index is 325. The molecule has 1 rings (SSSR count). The summed E-state index contributed by atoms with van der Waals surface area (Å²) >= 11 is 0. The summed E-state index contributed by atoms with van der Waals surface area (Å²) in [5.41, 5.74) is -0.0869. The average Bonchev–Trinajstić information content (AvgIpc) is 2.03. The molecule has 4 nitrogen and oxygen atoms in total. The van der Waals surface area contributed by atoms with Gasteiger partial charge in [0.15, 0.2) is 11.5 Å². The van der Waals surface area contributed by atoms with Crippen LogP contribution in [0.1, 0.15) is 0 Å². The van der Waals surface area contributed by atoms with Crippen LogP contribution in [0.4, 0.5) is 10.1 Å². The maximum atomic E-state index is 13.0. The van der Waals surface area contributed by atoms with Crippen molar-refractivity contribution < 1.29 is 9.25 Å². The van der Waals surface area contributed by atoms with Crippen LogP contribution in [0.25, 0.3) is 0 Å². The van der Waals surface area contributed by atoms with Crippen LogP contribution in [0.5, 0.6) is 0 Å². The first-order valence-electron chi connectivity index (χ1n) is 3.72. The Morgan fingerprint density at radius 1 is 1.38 bits per heavy atom. The molecule has 0 radical (unpaired) electrons. The van der Waals surface area contributed by atoms with Crippen molar-refractivity contribution >= 4 is 5.69 Å². The van der Waals surface area contributed by atoms with Gasteiger partial charge in [0.25, 0.3) is 0 Å². The number of halogens is 1. The molecule has 0 aliphatic carbocycles. The zero-order valence-corrected chi connectivity index (χ0v) is 7.44. The molecule has 0 amide bonds. The van der Waals surface area contributed by atoms with Crippen LogP contribution in [-0.4, -0.2) is 24.0 Å². The van der Waals surface area contributed by atoms with Gasteiger partial charge in [-0.1, -0.05) is 12.1 Å². The van der Waals surface area contributed by atoms with Crippen molar-refractivity contribution in [3.05, 3.63) is 35.3 Å². The summed E-state index contributed by atoms with van der Waals surface area (Å²) in [5, 5.41) is 15.9. The molecule has 0 spiro atoms. The maximum Gasteiger partial charge on any atom is 0.189 e. The van der Waals surface area contributed by atoms with E-state index in [4.69, 9.17) is 0 Å². The van der Waals surface area contributed by atoms with Crippen molar-refractivity contribution in [3.8, 4) is 0 Å². The Morgan fingerprint density at radius 3 is 2.54 bits per heavy atom. The van der Waals surface area contributed by atoms with Gasteiger partial charge in [0.2, 0.25) is 0 Å². The molecule has 0 bridgehead atoms. The molecule has 0 saturated carbocycles. The number of hydrogen-bond acceptors (Lipinski definition) is 2. The molecular weight excluding hydrogens is 173 g/mol. The fraction of sp³-hybridized carbons (Fsp3) is 0.250. The number of rotatable bonds is 2. The van der Waals surface area contributed by atoms with E-state index in [0.29, 0.717) is 0 Å². The first-order chi connectivity index (χ1) is 6.11. The van der Waals surface area contributed by atoms with Gasteiger partial charge in [-0.2, -0.15) is 5.01 Å². The largest absolute Gasteiger partial charge is 0.691 e. The molecule has 13 heavy (non-hydrogen) atoms. The Hall–Kier alpha value is -1.65. The highest BCUT2D eigenvalue weighted by Gasteiger charge is 2.05. The Labute approximate surface area is 75.5 Å². The van der Waals surface area contributed by atoms with Gasteiger partial charge in [-0.25, -0.2) is 4.39 Å². The second kappa shape index (κ2) is 3.84. The summed E-state index contributed by atoms with van der Waals surface area (Å²) in [7, 11) is 3.18. The first kappa shape index (κ1) is 9.44. The average molecular weight is 183 g/mol. The van der Waals surface area contributed by atoms with Crippen LogP contribution in [-0.2, 0) is 0 Å². The summed E-state index contributed by atoms with van der Waals surface area (Å²) in [6.07, 6.45) is 0. The summed E-state index contributed by atoms with van der Waals surface area (Å²) in [6.45, 7) is 0. The van der Waals surface area contributed by atoms with Gasteiger partial charge in [0.1, 0.15) is 0 Å². The molecule has 0 atom stereocenters. The van der Waals surface area contributed by atoms with Gasteiger partial charge in [-0.15, -0.1) is 4.86 Å². The van der Waals surface area contributed by atoms with Crippen molar-refractivity contribution in [1.82, 2.24) is 5.01 Å². The SMILES string of the molecule is CN(C)/N=[N+](\[O-])c1ccccc1F.